The van der Waals surface area contributed by atoms with Gasteiger partial charge < -0.3 is 31.9 Å². The molecule has 12 heteroatoms. The highest BCUT2D eigenvalue weighted by Gasteiger charge is 2.42. The Balaban J connectivity index is 2.88. The van der Waals surface area contributed by atoms with Gasteiger partial charge in [0.1, 0.15) is 12.1 Å². The number of nitrogens with zero attached hydrogens (tertiary/aromatic N) is 1. The van der Waals surface area contributed by atoms with Crippen molar-refractivity contribution in [2.45, 2.75) is 78.6 Å². The van der Waals surface area contributed by atoms with Crippen molar-refractivity contribution in [2.75, 3.05) is 13.1 Å². The van der Waals surface area contributed by atoms with E-state index < -0.39 is 53.1 Å². The van der Waals surface area contributed by atoms with Crippen LogP contribution in [0.4, 0.5) is 4.79 Å². The number of carbonyl (C=O) groups excluding carboxylic acids is 6. The molecule has 1 fully saturated rings. The molecule has 33 heavy (non-hydrogen) atoms. The van der Waals surface area contributed by atoms with Gasteiger partial charge in [-0.3, -0.25) is 24.0 Å². The second kappa shape index (κ2) is 11.6. The highest BCUT2D eigenvalue weighted by atomic mass is 16.2. The Morgan fingerprint density at radius 3 is 2.12 bits per heavy atom. The van der Waals surface area contributed by atoms with Crippen molar-refractivity contribution < 1.29 is 28.8 Å². The van der Waals surface area contributed by atoms with Gasteiger partial charge in [0, 0.05) is 12.6 Å². The lowest BCUT2D eigenvalue weighted by molar-refractivity contribution is -0.143. The average molecular weight is 469 g/mol. The maximum absolute atomic E-state index is 13.3. The maximum atomic E-state index is 13.3. The highest BCUT2D eigenvalue weighted by molar-refractivity contribution is 6.37. The second-order valence-electron chi connectivity index (χ2n) is 9.50. The molecule has 0 saturated carbocycles. The monoisotopic (exact) mass is 468 g/mol. The number of Topliss-reactive ketones (excluding diaryl/α,β-unsaturated/α-hetero) is 1. The Morgan fingerprint density at radius 2 is 1.61 bits per heavy atom. The minimum atomic E-state index is -1.16. The minimum Gasteiger partial charge on any atom is -0.363 e. The molecule has 1 rings (SSSR count). The summed E-state index contributed by atoms with van der Waals surface area (Å²) in [4.78, 5) is 74.3. The molecule has 0 spiro atoms. The van der Waals surface area contributed by atoms with Gasteiger partial charge in [0.05, 0.1) is 12.6 Å². The summed E-state index contributed by atoms with van der Waals surface area (Å²) in [5.41, 5.74) is 4.27. The molecule has 6 N–H and O–H groups in total. The molecule has 1 heterocycles. The molecular weight excluding hydrogens is 432 g/mol. The number of hydrogen-bond donors (Lipinski definition) is 5. The summed E-state index contributed by atoms with van der Waals surface area (Å²) in [6.07, 6.45) is 0.924. The van der Waals surface area contributed by atoms with E-state index in [4.69, 9.17) is 5.73 Å². The molecule has 1 aliphatic heterocycles. The Hall–Kier alpha value is -3.18. The van der Waals surface area contributed by atoms with Crippen LogP contribution in [0.25, 0.3) is 0 Å². The van der Waals surface area contributed by atoms with Gasteiger partial charge in [0.15, 0.2) is 0 Å². The van der Waals surface area contributed by atoms with Gasteiger partial charge in [-0.2, -0.15) is 0 Å². The summed E-state index contributed by atoms with van der Waals surface area (Å²) < 4.78 is 0. The lowest BCUT2D eigenvalue weighted by atomic mass is 9.85. The molecule has 1 saturated heterocycles. The van der Waals surface area contributed by atoms with Crippen molar-refractivity contribution in [1.29, 1.82) is 0 Å². The first-order valence-corrected chi connectivity index (χ1v) is 10.9. The van der Waals surface area contributed by atoms with Crippen LogP contribution >= 0.6 is 0 Å². The fourth-order valence-electron chi connectivity index (χ4n) is 3.42. The molecule has 12 nitrogen and oxygen atoms in total. The number of primary amides is 1. The predicted octanol–water partition coefficient (Wildman–Crippen LogP) is -1.22. The maximum Gasteiger partial charge on any atom is 0.315 e. The smallest absolute Gasteiger partial charge is 0.315 e. The first-order valence-electron chi connectivity index (χ1n) is 10.9. The zero-order valence-corrected chi connectivity index (χ0v) is 20.1. The van der Waals surface area contributed by atoms with E-state index in [2.05, 4.69) is 21.3 Å². The quantitative estimate of drug-likeness (QED) is 0.264. The highest BCUT2D eigenvalue weighted by Crippen LogP contribution is 2.26. The number of ketones is 1. The Morgan fingerprint density at radius 1 is 1.00 bits per heavy atom. The van der Waals surface area contributed by atoms with Gasteiger partial charge >= 0.3 is 6.03 Å². The van der Waals surface area contributed by atoms with Gasteiger partial charge in [0.25, 0.3) is 5.91 Å². The van der Waals surface area contributed by atoms with Gasteiger partial charge in [-0.15, -0.1) is 0 Å². The molecular formula is C21H36N6O6. The summed E-state index contributed by atoms with van der Waals surface area (Å²) in [5.74, 6) is -3.50. The second-order valence-corrected chi connectivity index (χ2v) is 9.50. The third-order valence-electron chi connectivity index (χ3n) is 5.08. The van der Waals surface area contributed by atoms with E-state index in [0.29, 0.717) is 19.4 Å². The number of hydrogen-bond acceptors (Lipinski definition) is 6. The summed E-state index contributed by atoms with van der Waals surface area (Å²) in [6, 6.07) is -3.73. The number of carbonyl (C=O) groups is 6. The van der Waals surface area contributed by atoms with Gasteiger partial charge in [-0.25, -0.2) is 4.79 Å². The van der Waals surface area contributed by atoms with Gasteiger partial charge in [0.2, 0.25) is 23.5 Å². The molecule has 1 aliphatic rings. The van der Waals surface area contributed by atoms with Crippen molar-refractivity contribution in [3.63, 3.8) is 0 Å². The zero-order chi connectivity index (χ0) is 25.5. The van der Waals surface area contributed by atoms with Crippen molar-refractivity contribution in [3.05, 3.63) is 0 Å². The molecule has 0 aromatic carbocycles. The van der Waals surface area contributed by atoms with E-state index in [0.717, 1.165) is 0 Å². The molecule has 0 aromatic heterocycles. The van der Waals surface area contributed by atoms with E-state index >= 15 is 0 Å². The Kier molecular flexibility index (Phi) is 9.80. The molecule has 186 valence electrons. The minimum absolute atomic E-state index is 0.0782. The zero-order valence-electron chi connectivity index (χ0n) is 20.1. The van der Waals surface area contributed by atoms with Crippen LogP contribution in [0, 0.1) is 5.41 Å². The normalized spacial score (nSPS) is 17.7. The van der Waals surface area contributed by atoms with Crippen LogP contribution in [0.1, 0.15) is 54.4 Å². The van der Waals surface area contributed by atoms with Crippen molar-refractivity contribution >= 4 is 35.4 Å². The van der Waals surface area contributed by atoms with Crippen LogP contribution in [0.2, 0.25) is 0 Å². The summed E-state index contributed by atoms with van der Waals surface area (Å²) in [6.45, 7) is 10.3. The van der Waals surface area contributed by atoms with Gasteiger partial charge in [-0.1, -0.05) is 20.8 Å². The molecule has 3 atom stereocenters. The van der Waals surface area contributed by atoms with Crippen LogP contribution in [0.5, 0.6) is 0 Å². The molecule has 0 bridgehead atoms. The number of rotatable bonds is 9. The largest absolute Gasteiger partial charge is 0.363 e. The van der Waals surface area contributed by atoms with E-state index in [9.17, 15) is 28.8 Å². The third kappa shape index (κ3) is 8.35. The molecule has 0 aromatic rings. The predicted molar refractivity (Wildman–Crippen MR) is 120 cm³/mol. The van der Waals surface area contributed by atoms with Crippen molar-refractivity contribution in [2.24, 2.45) is 11.1 Å². The van der Waals surface area contributed by atoms with Crippen molar-refractivity contribution in [3.8, 4) is 0 Å². The van der Waals surface area contributed by atoms with E-state index in [1.54, 1.807) is 34.6 Å². The van der Waals surface area contributed by atoms with Crippen LogP contribution in [-0.2, 0) is 24.0 Å². The molecule has 2 unspecified atom stereocenters. The topological polar surface area (TPSA) is 180 Å². The average Bonchev–Trinajstić information content (AvgIpc) is 3.17. The van der Waals surface area contributed by atoms with Crippen LogP contribution in [0.3, 0.4) is 0 Å². The van der Waals surface area contributed by atoms with Crippen LogP contribution < -0.4 is 27.0 Å². The third-order valence-corrected chi connectivity index (χ3v) is 5.08. The van der Waals surface area contributed by atoms with Crippen LogP contribution in [-0.4, -0.2) is 77.6 Å². The standard InChI is InChI=1S/C21H36N6O6/c1-11(2)24-14(28)10-23-20(33)26-16(21(4,5)6)19(32)27-9-7-8-13(27)18(31)25-12(3)15(29)17(22)30/h11-13,16H,7-10H2,1-6H3,(H2,22,30)(H,24,28)(H,25,31)(H2,23,26,33)/t12?,13-,16?/m0/s1. The number of likely N-dealkylation sites (tertiary alicyclic amines) is 1. The Labute approximate surface area is 193 Å². The first-order chi connectivity index (χ1) is 15.1. The number of nitrogens with one attached hydrogen (secondary N) is 4. The fourth-order valence-corrected chi connectivity index (χ4v) is 3.42. The Bertz CT molecular complexity index is 791. The molecule has 0 radical (unpaired) electrons. The number of urea groups is 1. The summed E-state index contributed by atoms with van der Waals surface area (Å²) >= 11 is 0. The summed E-state index contributed by atoms with van der Waals surface area (Å²) in [5, 5.41) is 10.1. The molecule has 6 amide bonds. The summed E-state index contributed by atoms with van der Waals surface area (Å²) in [7, 11) is 0. The SMILES string of the molecule is CC(C)NC(=O)CNC(=O)NC(C(=O)N1CCC[C@H]1C(=O)NC(C)C(=O)C(N)=O)C(C)(C)C. The van der Waals surface area contributed by atoms with E-state index in [-0.39, 0.29) is 18.5 Å². The van der Waals surface area contributed by atoms with Crippen molar-refractivity contribution in [1.82, 2.24) is 26.2 Å². The lowest BCUT2D eigenvalue weighted by Crippen LogP contribution is -2.60. The van der Waals surface area contributed by atoms with E-state index in [1.165, 1.54) is 11.8 Å². The fraction of sp³-hybridized carbons (Fsp3) is 0.714. The van der Waals surface area contributed by atoms with E-state index in [1.807, 2.05) is 0 Å². The number of amides is 6. The first kappa shape index (κ1) is 27.9. The number of nitrogens with two attached hydrogens (primary N) is 1. The molecule has 0 aliphatic carbocycles. The van der Waals surface area contributed by atoms with Crippen LogP contribution in [0.15, 0.2) is 0 Å². The van der Waals surface area contributed by atoms with Gasteiger partial charge in [-0.05, 0) is 39.0 Å². The lowest BCUT2D eigenvalue weighted by Gasteiger charge is -2.35.